The van der Waals surface area contributed by atoms with Crippen LogP contribution in [0.2, 0.25) is 0 Å². The second-order valence-corrected chi connectivity index (χ2v) is 7.63. The van der Waals surface area contributed by atoms with Crippen molar-refractivity contribution < 1.29 is 17.7 Å². The Morgan fingerprint density at radius 2 is 1.81 bits per heavy atom. The van der Waals surface area contributed by atoms with Gasteiger partial charge in [0.2, 0.25) is 15.9 Å². The van der Waals surface area contributed by atoms with Gasteiger partial charge in [-0.25, -0.2) is 13.1 Å². The fourth-order valence-electron chi connectivity index (χ4n) is 2.47. The highest BCUT2D eigenvalue weighted by atomic mass is 32.2. The molecule has 0 aliphatic heterocycles. The number of hydrogen-bond donors (Lipinski definition) is 2. The van der Waals surface area contributed by atoms with Crippen molar-refractivity contribution in [3.63, 3.8) is 0 Å². The number of nitrogens with zero attached hydrogens (tertiary/aromatic N) is 1. The molecule has 1 heterocycles. The molecule has 26 heavy (non-hydrogen) atoms. The summed E-state index contributed by atoms with van der Waals surface area (Å²) in [7, 11) is -3.58. The van der Waals surface area contributed by atoms with Crippen molar-refractivity contribution in [3.05, 3.63) is 59.8 Å². The molecule has 8 heteroatoms. The van der Waals surface area contributed by atoms with Gasteiger partial charge in [-0.05, 0) is 31.2 Å². The van der Waals surface area contributed by atoms with Gasteiger partial charge in [-0.15, -0.1) is 0 Å². The van der Waals surface area contributed by atoms with E-state index < -0.39 is 10.0 Å². The van der Waals surface area contributed by atoms with Crippen LogP contribution < -0.4 is 10.0 Å². The summed E-state index contributed by atoms with van der Waals surface area (Å²) in [6, 6.07) is 13.9. The first-order chi connectivity index (χ1) is 12.5. The van der Waals surface area contributed by atoms with E-state index in [1.54, 1.807) is 30.3 Å². The summed E-state index contributed by atoms with van der Waals surface area (Å²) in [5.41, 5.74) is 2.16. The van der Waals surface area contributed by atoms with Crippen LogP contribution in [0, 0.1) is 6.92 Å². The Kier molecular flexibility index (Phi) is 5.34. The Labute approximate surface area is 151 Å². The van der Waals surface area contributed by atoms with E-state index in [0.717, 1.165) is 10.9 Å². The van der Waals surface area contributed by atoms with Gasteiger partial charge in [0.1, 0.15) is 5.69 Å². The second kappa shape index (κ2) is 7.67. The number of nitrogens with one attached hydrogen (secondary N) is 2. The number of carbonyl (C=O) groups excluding carboxylic acids is 1. The molecule has 0 spiro atoms. The molecule has 0 bridgehead atoms. The zero-order chi connectivity index (χ0) is 18.6. The van der Waals surface area contributed by atoms with Crippen LogP contribution in [0.1, 0.15) is 11.3 Å². The van der Waals surface area contributed by atoms with Crippen LogP contribution in [-0.2, 0) is 21.2 Å². The molecule has 2 N–H and O–H groups in total. The third-order valence-corrected chi connectivity index (χ3v) is 5.33. The molecule has 0 saturated heterocycles. The molecule has 7 nitrogen and oxygen atoms in total. The molecule has 0 unspecified atom stereocenters. The van der Waals surface area contributed by atoms with Gasteiger partial charge in [-0.2, -0.15) is 0 Å². The third-order valence-electron chi connectivity index (χ3n) is 3.85. The van der Waals surface area contributed by atoms with Gasteiger partial charge in [-0.1, -0.05) is 35.0 Å². The van der Waals surface area contributed by atoms with Crippen molar-refractivity contribution >= 4 is 26.9 Å². The summed E-state index contributed by atoms with van der Waals surface area (Å²) in [5.74, 6) is -0.251. The minimum absolute atomic E-state index is 0.0712. The number of aryl methyl sites for hydroxylation is 1. The van der Waals surface area contributed by atoms with Crippen molar-refractivity contribution in [3.8, 4) is 0 Å². The molecule has 0 aliphatic carbocycles. The lowest BCUT2D eigenvalue weighted by Crippen LogP contribution is -2.35. The van der Waals surface area contributed by atoms with Crippen LogP contribution in [0.3, 0.4) is 0 Å². The normalized spacial score (nSPS) is 11.6. The Bertz CT molecular complexity index is 1010. The van der Waals surface area contributed by atoms with Gasteiger partial charge in [0.05, 0.1) is 11.3 Å². The number of amides is 1. The SMILES string of the molecule is Cc1ccc(S(=O)(=O)NCCNC(=O)Cc2noc3ccccc23)cc1. The van der Waals surface area contributed by atoms with E-state index in [0.29, 0.717) is 11.3 Å². The summed E-state index contributed by atoms with van der Waals surface area (Å²) < 4.78 is 31.9. The van der Waals surface area contributed by atoms with Gasteiger partial charge in [0, 0.05) is 18.5 Å². The molecule has 0 fully saturated rings. The molecule has 0 aliphatic rings. The predicted molar refractivity (Wildman–Crippen MR) is 97.1 cm³/mol. The van der Waals surface area contributed by atoms with Crippen molar-refractivity contribution in [1.82, 2.24) is 15.2 Å². The summed E-state index contributed by atoms with van der Waals surface area (Å²) in [6.07, 6.45) is 0.0712. The van der Waals surface area contributed by atoms with Crippen LogP contribution >= 0.6 is 0 Å². The van der Waals surface area contributed by atoms with E-state index >= 15 is 0 Å². The first kappa shape index (κ1) is 18.1. The molecule has 1 amide bonds. The minimum atomic E-state index is -3.58. The lowest BCUT2D eigenvalue weighted by Gasteiger charge is -2.08. The van der Waals surface area contributed by atoms with Crippen molar-refractivity contribution in [2.75, 3.05) is 13.1 Å². The Hall–Kier alpha value is -2.71. The summed E-state index contributed by atoms with van der Waals surface area (Å²) >= 11 is 0. The lowest BCUT2D eigenvalue weighted by atomic mass is 10.1. The highest BCUT2D eigenvalue weighted by molar-refractivity contribution is 7.89. The molecule has 1 aromatic heterocycles. The van der Waals surface area contributed by atoms with E-state index in [1.165, 1.54) is 0 Å². The van der Waals surface area contributed by atoms with E-state index in [2.05, 4.69) is 15.2 Å². The monoisotopic (exact) mass is 373 g/mol. The number of aromatic nitrogens is 1. The van der Waals surface area contributed by atoms with Crippen molar-refractivity contribution in [2.24, 2.45) is 0 Å². The van der Waals surface area contributed by atoms with Crippen LogP contribution in [0.25, 0.3) is 11.0 Å². The zero-order valence-electron chi connectivity index (χ0n) is 14.2. The fraction of sp³-hybridized carbons (Fsp3) is 0.222. The molecule has 136 valence electrons. The number of fused-ring (bicyclic) bond motifs is 1. The van der Waals surface area contributed by atoms with Gasteiger partial charge in [0.25, 0.3) is 0 Å². The van der Waals surface area contributed by atoms with E-state index in [9.17, 15) is 13.2 Å². The Morgan fingerprint density at radius 3 is 2.58 bits per heavy atom. The quantitative estimate of drug-likeness (QED) is 0.615. The molecule has 3 rings (SSSR count). The maximum absolute atomic E-state index is 12.1. The fourth-order valence-corrected chi connectivity index (χ4v) is 3.50. The van der Waals surface area contributed by atoms with Crippen LogP contribution in [0.5, 0.6) is 0 Å². The second-order valence-electron chi connectivity index (χ2n) is 5.86. The van der Waals surface area contributed by atoms with Gasteiger partial charge in [0.15, 0.2) is 5.58 Å². The Balaban J connectivity index is 1.49. The van der Waals surface area contributed by atoms with Crippen LogP contribution in [-0.4, -0.2) is 32.6 Å². The summed E-state index contributed by atoms with van der Waals surface area (Å²) in [6.45, 7) is 2.17. The topological polar surface area (TPSA) is 101 Å². The van der Waals surface area contributed by atoms with Gasteiger partial charge in [-0.3, -0.25) is 4.79 Å². The number of carbonyl (C=O) groups is 1. The maximum atomic E-state index is 12.1. The number of hydrogen-bond acceptors (Lipinski definition) is 5. The minimum Gasteiger partial charge on any atom is -0.356 e. The average Bonchev–Trinajstić information content (AvgIpc) is 3.02. The maximum Gasteiger partial charge on any atom is 0.240 e. The summed E-state index contributed by atoms with van der Waals surface area (Å²) in [4.78, 5) is 12.2. The van der Waals surface area contributed by atoms with E-state index in [1.807, 2.05) is 25.1 Å². The van der Waals surface area contributed by atoms with Crippen molar-refractivity contribution in [1.29, 1.82) is 0 Å². The van der Waals surface area contributed by atoms with Crippen LogP contribution in [0.4, 0.5) is 0 Å². The largest absolute Gasteiger partial charge is 0.356 e. The third kappa shape index (κ3) is 4.27. The van der Waals surface area contributed by atoms with E-state index in [-0.39, 0.29) is 30.3 Å². The number of rotatable bonds is 7. The molecule has 0 saturated carbocycles. The molecule has 0 atom stereocenters. The molecule has 3 aromatic rings. The molecule has 0 radical (unpaired) electrons. The number of benzene rings is 2. The van der Waals surface area contributed by atoms with Gasteiger partial charge < -0.3 is 9.84 Å². The number of para-hydroxylation sites is 1. The van der Waals surface area contributed by atoms with Crippen molar-refractivity contribution in [2.45, 2.75) is 18.2 Å². The number of sulfonamides is 1. The Morgan fingerprint density at radius 1 is 1.08 bits per heavy atom. The molecular weight excluding hydrogens is 354 g/mol. The van der Waals surface area contributed by atoms with E-state index in [4.69, 9.17) is 4.52 Å². The summed E-state index contributed by atoms with van der Waals surface area (Å²) in [5, 5.41) is 7.37. The van der Waals surface area contributed by atoms with Gasteiger partial charge >= 0.3 is 0 Å². The van der Waals surface area contributed by atoms with Crippen LogP contribution in [0.15, 0.2) is 57.9 Å². The lowest BCUT2D eigenvalue weighted by molar-refractivity contribution is -0.120. The highest BCUT2D eigenvalue weighted by Crippen LogP contribution is 2.17. The first-order valence-electron chi connectivity index (χ1n) is 8.12. The molecule has 2 aromatic carbocycles. The first-order valence-corrected chi connectivity index (χ1v) is 9.60. The average molecular weight is 373 g/mol. The smallest absolute Gasteiger partial charge is 0.240 e. The highest BCUT2D eigenvalue weighted by Gasteiger charge is 2.14. The zero-order valence-corrected chi connectivity index (χ0v) is 15.0. The molecular formula is C18H19N3O4S. The predicted octanol–water partition coefficient (Wildman–Crippen LogP) is 1.77. The standard InChI is InChI=1S/C18H19N3O4S/c1-13-6-8-14(9-7-13)26(23,24)20-11-10-19-18(22)12-16-15-4-2-3-5-17(15)25-21-16/h2-9,20H,10-12H2,1H3,(H,19,22).